The molecule has 7 nitrogen and oxygen atoms in total. The molecule has 0 radical (unpaired) electrons. The number of aryl methyl sites for hydroxylation is 1. The molecule has 0 spiro atoms. The fourth-order valence-electron chi connectivity index (χ4n) is 3.03. The minimum Gasteiger partial charge on any atom is -0.490 e. The van der Waals surface area contributed by atoms with Gasteiger partial charge in [0.15, 0.2) is 23.2 Å². The Morgan fingerprint density at radius 3 is 2.65 bits per heavy atom. The van der Waals surface area contributed by atoms with Crippen LogP contribution in [0.5, 0.6) is 11.5 Å². The Bertz CT molecular complexity index is 1080. The number of aromatic nitrogens is 1. The first-order chi connectivity index (χ1) is 15.1. The number of hydrogen-bond acceptors (Lipinski definition) is 7. The highest BCUT2D eigenvalue weighted by Crippen LogP contribution is 2.30. The number of ether oxygens (including phenoxy) is 3. The minimum absolute atomic E-state index is 0.295. The molecule has 0 atom stereocenters. The van der Waals surface area contributed by atoms with Crippen molar-refractivity contribution in [3.05, 3.63) is 59.0 Å². The molecule has 160 valence electrons. The van der Waals surface area contributed by atoms with Gasteiger partial charge in [0.2, 0.25) is 0 Å². The van der Waals surface area contributed by atoms with Crippen LogP contribution in [0.25, 0.3) is 11.3 Å². The lowest BCUT2D eigenvalue weighted by atomic mass is 10.1. The smallest absolute Gasteiger partial charge is 0.338 e. The summed E-state index contributed by atoms with van der Waals surface area (Å²) < 4.78 is 16.3. The summed E-state index contributed by atoms with van der Waals surface area (Å²) in [7, 11) is 0. The zero-order valence-corrected chi connectivity index (χ0v) is 17.9. The predicted molar refractivity (Wildman–Crippen MR) is 118 cm³/mol. The number of nitrogens with one attached hydrogen (secondary N) is 1. The molecule has 0 aliphatic carbocycles. The maximum Gasteiger partial charge on any atom is 0.338 e. The van der Waals surface area contributed by atoms with Gasteiger partial charge in [-0.2, -0.15) is 0 Å². The molecule has 0 bridgehead atoms. The molecule has 1 aliphatic heterocycles. The summed E-state index contributed by atoms with van der Waals surface area (Å²) in [5, 5.41) is 4.99. The average molecular weight is 439 g/mol. The summed E-state index contributed by atoms with van der Waals surface area (Å²) in [6.07, 6.45) is 1.75. The fourth-order valence-corrected chi connectivity index (χ4v) is 3.77. The Labute approximate surface area is 184 Å². The van der Waals surface area contributed by atoms with Crippen molar-refractivity contribution >= 4 is 28.3 Å². The fraction of sp³-hybridized carbons (Fsp3) is 0.261. The highest BCUT2D eigenvalue weighted by Gasteiger charge is 2.16. The van der Waals surface area contributed by atoms with Crippen molar-refractivity contribution in [3.8, 4) is 22.8 Å². The Balaban J connectivity index is 1.31. The summed E-state index contributed by atoms with van der Waals surface area (Å²) >= 11 is 1.32. The number of thiazole rings is 1. The van der Waals surface area contributed by atoms with Gasteiger partial charge < -0.3 is 14.2 Å². The number of amides is 1. The third-order valence-corrected chi connectivity index (χ3v) is 5.48. The number of hydrogen-bond donors (Lipinski definition) is 1. The van der Waals surface area contributed by atoms with Gasteiger partial charge >= 0.3 is 5.97 Å². The van der Waals surface area contributed by atoms with Crippen molar-refractivity contribution < 1.29 is 23.8 Å². The van der Waals surface area contributed by atoms with E-state index in [0.717, 1.165) is 24.1 Å². The van der Waals surface area contributed by atoms with E-state index in [4.69, 9.17) is 14.2 Å². The molecule has 0 fully saturated rings. The molecule has 0 saturated carbocycles. The van der Waals surface area contributed by atoms with Crippen LogP contribution in [0.4, 0.5) is 5.13 Å². The minimum atomic E-state index is -0.610. The number of fused-ring (bicyclic) bond motifs is 1. The first-order valence-corrected chi connectivity index (χ1v) is 10.9. The monoisotopic (exact) mass is 438 g/mol. The van der Waals surface area contributed by atoms with Crippen LogP contribution in [0, 0.1) is 0 Å². The van der Waals surface area contributed by atoms with Gasteiger partial charge in [0.25, 0.3) is 5.91 Å². The summed E-state index contributed by atoms with van der Waals surface area (Å²) in [5.74, 6) is 0.0287. The summed E-state index contributed by atoms with van der Waals surface area (Å²) in [5.41, 5.74) is 3.31. The van der Waals surface area contributed by atoms with Gasteiger partial charge in [0, 0.05) is 17.4 Å². The van der Waals surface area contributed by atoms with E-state index >= 15 is 0 Å². The van der Waals surface area contributed by atoms with Gasteiger partial charge in [-0.1, -0.05) is 31.2 Å². The first kappa shape index (κ1) is 20.9. The third-order valence-electron chi connectivity index (χ3n) is 4.73. The molecule has 1 aromatic heterocycles. The summed E-state index contributed by atoms with van der Waals surface area (Å²) in [4.78, 5) is 28.9. The summed E-state index contributed by atoms with van der Waals surface area (Å²) in [6, 6.07) is 13.0. The van der Waals surface area contributed by atoms with Crippen LogP contribution in [0.3, 0.4) is 0 Å². The lowest BCUT2D eigenvalue weighted by molar-refractivity contribution is -0.119. The van der Waals surface area contributed by atoms with E-state index in [1.807, 2.05) is 17.5 Å². The summed E-state index contributed by atoms with van der Waals surface area (Å²) in [6.45, 7) is 2.78. The second kappa shape index (κ2) is 9.61. The van der Waals surface area contributed by atoms with Crippen molar-refractivity contribution in [1.82, 2.24) is 4.98 Å². The van der Waals surface area contributed by atoms with E-state index in [2.05, 4.69) is 29.4 Å². The SMILES string of the molecule is CCc1ccc(-c2csc(NC(=O)COC(=O)c3ccc4c(c3)OCCCO4)n2)cc1. The van der Waals surface area contributed by atoms with Crippen molar-refractivity contribution in [1.29, 1.82) is 0 Å². The van der Waals surface area contributed by atoms with Crippen LogP contribution in [0.1, 0.15) is 29.3 Å². The van der Waals surface area contributed by atoms with Crippen LogP contribution in [0.15, 0.2) is 47.8 Å². The topological polar surface area (TPSA) is 86.8 Å². The molecule has 1 amide bonds. The van der Waals surface area contributed by atoms with E-state index in [9.17, 15) is 9.59 Å². The Morgan fingerprint density at radius 2 is 1.87 bits per heavy atom. The lowest BCUT2D eigenvalue weighted by Gasteiger charge is -2.09. The number of esters is 1. The maximum atomic E-state index is 12.3. The van der Waals surface area contributed by atoms with Gasteiger partial charge in [-0.25, -0.2) is 9.78 Å². The van der Waals surface area contributed by atoms with Gasteiger partial charge in [-0.05, 0) is 30.2 Å². The van der Waals surface area contributed by atoms with Gasteiger partial charge in [-0.3, -0.25) is 10.1 Å². The van der Waals surface area contributed by atoms with Crippen LogP contribution in [-0.4, -0.2) is 36.7 Å². The van der Waals surface area contributed by atoms with E-state index in [0.29, 0.717) is 35.4 Å². The highest BCUT2D eigenvalue weighted by molar-refractivity contribution is 7.14. The number of nitrogens with zero attached hydrogens (tertiary/aromatic N) is 1. The maximum absolute atomic E-state index is 12.3. The molecule has 1 aliphatic rings. The number of benzene rings is 2. The quantitative estimate of drug-likeness (QED) is 0.577. The first-order valence-electron chi connectivity index (χ1n) is 10.0. The Hall–Kier alpha value is -3.39. The number of carbonyl (C=O) groups excluding carboxylic acids is 2. The molecule has 0 saturated heterocycles. The molecule has 31 heavy (non-hydrogen) atoms. The third kappa shape index (κ3) is 5.21. The largest absolute Gasteiger partial charge is 0.490 e. The van der Waals surface area contributed by atoms with Gasteiger partial charge in [-0.15, -0.1) is 11.3 Å². The zero-order chi connectivity index (χ0) is 21.6. The highest BCUT2D eigenvalue weighted by atomic mass is 32.1. The van der Waals surface area contributed by atoms with Crippen LogP contribution < -0.4 is 14.8 Å². The predicted octanol–water partition coefficient (Wildman–Crippen LogP) is 4.33. The standard InChI is InChI=1S/C23H22N2O5S/c1-2-15-4-6-16(7-5-15)18-14-31-23(24-18)25-21(26)13-30-22(27)17-8-9-19-20(12-17)29-11-3-10-28-19/h4-9,12,14H,2-3,10-11,13H2,1H3,(H,24,25,26). The average Bonchev–Trinajstić information content (AvgIpc) is 3.13. The van der Waals surface area contributed by atoms with Crippen molar-refractivity contribution in [2.75, 3.05) is 25.1 Å². The van der Waals surface area contributed by atoms with Crippen LogP contribution >= 0.6 is 11.3 Å². The lowest BCUT2D eigenvalue weighted by Crippen LogP contribution is -2.20. The Kier molecular flexibility index (Phi) is 6.47. The molecule has 2 aromatic carbocycles. The number of rotatable bonds is 6. The van der Waals surface area contributed by atoms with E-state index in [1.165, 1.54) is 16.9 Å². The molecule has 1 N–H and O–H groups in total. The van der Waals surface area contributed by atoms with E-state index in [1.54, 1.807) is 18.2 Å². The molecule has 3 aromatic rings. The van der Waals surface area contributed by atoms with Gasteiger partial charge in [0.05, 0.1) is 24.5 Å². The van der Waals surface area contributed by atoms with Gasteiger partial charge in [0.1, 0.15) is 0 Å². The van der Waals surface area contributed by atoms with E-state index < -0.39 is 18.5 Å². The Morgan fingerprint density at radius 1 is 1.10 bits per heavy atom. The molecular formula is C23H22N2O5S. The van der Waals surface area contributed by atoms with Crippen molar-refractivity contribution in [3.63, 3.8) is 0 Å². The molecule has 0 unspecified atom stereocenters. The van der Waals surface area contributed by atoms with Crippen LogP contribution in [0.2, 0.25) is 0 Å². The van der Waals surface area contributed by atoms with Crippen LogP contribution in [-0.2, 0) is 16.0 Å². The molecule has 4 rings (SSSR count). The second-order valence-corrected chi connectivity index (χ2v) is 7.78. The molecular weight excluding hydrogens is 416 g/mol. The van der Waals surface area contributed by atoms with E-state index in [-0.39, 0.29) is 0 Å². The van der Waals surface area contributed by atoms with Crippen molar-refractivity contribution in [2.24, 2.45) is 0 Å². The second-order valence-electron chi connectivity index (χ2n) is 6.92. The van der Waals surface area contributed by atoms with Crippen molar-refractivity contribution in [2.45, 2.75) is 19.8 Å². The molecule has 8 heteroatoms. The normalized spacial score (nSPS) is 12.7. The zero-order valence-electron chi connectivity index (χ0n) is 17.1. The number of carbonyl (C=O) groups is 2. The molecule has 2 heterocycles. The number of anilines is 1.